The number of thioether (sulfide) groups is 1. The van der Waals surface area contributed by atoms with Gasteiger partial charge in [0, 0.05) is 12.3 Å². The maximum atomic E-state index is 4.57. The number of aromatic nitrogens is 3. The van der Waals surface area contributed by atoms with Crippen molar-refractivity contribution in [3.05, 3.63) is 12.2 Å². The molecule has 6 heteroatoms. The molecular formula is C12H21N5S. The first-order valence-electron chi connectivity index (χ1n) is 6.52. The van der Waals surface area contributed by atoms with Crippen molar-refractivity contribution in [2.24, 2.45) is 18.0 Å². The lowest BCUT2D eigenvalue weighted by Crippen LogP contribution is -2.22. The van der Waals surface area contributed by atoms with Crippen LogP contribution in [0.4, 0.5) is 0 Å². The van der Waals surface area contributed by atoms with Gasteiger partial charge in [-0.3, -0.25) is 4.99 Å². The Balaban J connectivity index is 1.81. The number of aliphatic imine (C=N–C) groups is 1. The molecule has 18 heavy (non-hydrogen) atoms. The van der Waals surface area contributed by atoms with Gasteiger partial charge in [0.2, 0.25) is 0 Å². The van der Waals surface area contributed by atoms with Crippen LogP contribution < -0.4 is 5.32 Å². The number of nitrogens with zero attached hydrogens (tertiary/aromatic N) is 4. The molecule has 0 spiro atoms. The second-order valence-electron chi connectivity index (χ2n) is 4.59. The fourth-order valence-electron chi connectivity index (χ4n) is 2.17. The van der Waals surface area contributed by atoms with Crippen LogP contribution in [0.5, 0.6) is 0 Å². The maximum Gasteiger partial charge on any atom is 0.157 e. The van der Waals surface area contributed by atoms with Crippen LogP contribution in [0.15, 0.2) is 11.3 Å². The van der Waals surface area contributed by atoms with Crippen molar-refractivity contribution in [3.63, 3.8) is 0 Å². The van der Waals surface area contributed by atoms with Crippen LogP contribution in [0.2, 0.25) is 0 Å². The molecule has 1 N–H and O–H groups in total. The summed E-state index contributed by atoms with van der Waals surface area (Å²) in [6.45, 7) is 6.16. The summed E-state index contributed by atoms with van der Waals surface area (Å²) in [6, 6.07) is 0. The Kier molecular flexibility index (Phi) is 4.63. The van der Waals surface area contributed by atoms with E-state index in [4.69, 9.17) is 0 Å². The van der Waals surface area contributed by atoms with Crippen molar-refractivity contribution in [1.82, 2.24) is 20.1 Å². The highest BCUT2D eigenvalue weighted by Crippen LogP contribution is 2.30. The van der Waals surface area contributed by atoms with Crippen molar-refractivity contribution in [2.45, 2.75) is 38.5 Å². The van der Waals surface area contributed by atoms with Crippen LogP contribution in [0.3, 0.4) is 0 Å². The van der Waals surface area contributed by atoms with Gasteiger partial charge in [-0.2, -0.15) is 0 Å². The molecule has 0 aliphatic carbocycles. The van der Waals surface area contributed by atoms with Gasteiger partial charge in [0.25, 0.3) is 0 Å². The van der Waals surface area contributed by atoms with E-state index in [9.17, 15) is 0 Å². The Morgan fingerprint density at radius 1 is 1.50 bits per heavy atom. The molecule has 0 radical (unpaired) electrons. The second kappa shape index (κ2) is 6.22. The van der Waals surface area contributed by atoms with Crippen LogP contribution in [0, 0.1) is 5.92 Å². The molecule has 1 aromatic heterocycles. The molecular weight excluding hydrogens is 246 g/mol. The van der Waals surface area contributed by atoms with E-state index in [1.165, 1.54) is 12.8 Å². The van der Waals surface area contributed by atoms with E-state index in [0.29, 0.717) is 11.8 Å². The lowest BCUT2D eigenvalue weighted by atomic mass is 9.99. The first kappa shape index (κ1) is 13.4. The highest BCUT2D eigenvalue weighted by atomic mass is 32.2. The molecule has 0 bridgehead atoms. The van der Waals surface area contributed by atoms with Gasteiger partial charge in [-0.15, -0.1) is 10.2 Å². The zero-order chi connectivity index (χ0) is 13.0. The van der Waals surface area contributed by atoms with Crippen molar-refractivity contribution >= 4 is 16.9 Å². The Labute approximate surface area is 112 Å². The van der Waals surface area contributed by atoms with Gasteiger partial charge in [0.15, 0.2) is 11.0 Å². The van der Waals surface area contributed by atoms with Gasteiger partial charge in [0.05, 0.1) is 13.1 Å². The molecule has 1 unspecified atom stereocenters. The zero-order valence-corrected chi connectivity index (χ0v) is 12.1. The fourth-order valence-corrected chi connectivity index (χ4v) is 3.49. The van der Waals surface area contributed by atoms with Gasteiger partial charge in [-0.25, -0.2) is 0 Å². The number of hydrogen-bond donors (Lipinski definition) is 1. The maximum absolute atomic E-state index is 4.57. The fraction of sp³-hybridized carbons (Fsp3) is 0.750. The van der Waals surface area contributed by atoms with Gasteiger partial charge in [-0.05, 0) is 5.92 Å². The standard InChI is InChI=1S/C12H21N5S/c1-4-9(5-2)10-6-13-12(18-10)14-7-11-16-15-8-17(11)3/h8-10H,4-7H2,1-3H3,(H,13,14). The molecule has 0 amide bonds. The number of amidine groups is 1. The van der Waals surface area contributed by atoms with Crippen LogP contribution in [-0.2, 0) is 13.6 Å². The lowest BCUT2D eigenvalue weighted by molar-refractivity contribution is 0.479. The smallest absolute Gasteiger partial charge is 0.157 e. The SMILES string of the molecule is CCC(CC)C1CN=C(NCc2nncn2C)S1. The summed E-state index contributed by atoms with van der Waals surface area (Å²) in [5.41, 5.74) is 0. The summed E-state index contributed by atoms with van der Waals surface area (Å²) < 4.78 is 1.92. The third kappa shape index (κ3) is 3.04. The van der Waals surface area contributed by atoms with Gasteiger partial charge >= 0.3 is 0 Å². The highest BCUT2D eigenvalue weighted by molar-refractivity contribution is 8.14. The zero-order valence-electron chi connectivity index (χ0n) is 11.3. The minimum Gasteiger partial charge on any atom is -0.358 e. The van der Waals surface area contributed by atoms with Gasteiger partial charge in [0.1, 0.15) is 6.33 Å². The van der Waals surface area contributed by atoms with E-state index < -0.39 is 0 Å². The number of aryl methyl sites for hydroxylation is 1. The third-order valence-electron chi connectivity index (χ3n) is 3.46. The largest absolute Gasteiger partial charge is 0.358 e. The molecule has 1 aliphatic rings. The van der Waals surface area contributed by atoms with Gasteiger partial charge < -0.3 is 9.88 Å². The number of nitrogens with one attached hydrogen (secondary N) is 1. The molecule has 1 aliphatic heterocycles. The van der Waals surface area contributed by atoms with Crippen molar-refractivity contribution in [1.29, 1.82) is 0 Å². The monoisotopic (exact) mass is 267 g/mol. The summed E-state index contributed by atoms with van der Waals surface area (Å²) in [7, 11) is 1.95. The van der Waals surface area contributed by atoms with Crippen LogP contribution in [0.25, 0.3) is 0 Å². The summed E-state index contributed by atoms with van der Waals surface area (Å²) in [6.07, 6.45) is 4.19. The predicted molar refractivity (Wildman–Crippen MR) is 75.6 cm³/mol. The summed E-state index contributed by atoms with van der Waals surface area (Å²) in [4.78, 5) is 4.57. The van der Waals surface area contributed by atoms with E-state index in [1.807, 2.05) is 23.4 Å². The molecule has 0 saturated heterocycles. The Morgan fingerprint density at radius 3 is 2.89 bits per heavy atom. The topological polar surface area (TPSA) is 55.1 Å². The van der Waals surface area contributed by atoms with Crippen LogP contribution >= 0.6 is 11.8 Å². The summed E-state index contributed by atoms with van der Waals surface area (Å²) in [5, 5.41) is 13.0. The normalized spacial score (nSPS) is 19.3. The first-order chi connectivity index (χ1) is 8.74. The summed E-state index contributed by atoms with van der Waals surface area (Å²) in [5.74, 6) is 1.71. The molecule has 1 aromatic rings. The van der Waals surface area contributed by atoms with Crippen molar-refractivity contribution < 1.29 is 0 Å². The van der Waals surface area contributed by atoms with E-state index >= 15 is 0 Å². The molecule has 0 saturated carbocycles. The molecule has 5 nitrogen and oxygen atoms in total. The van der Waals surface area contributed by atoms with Crippen molar-refractivity contribution in [3.8, 4) is 0 Å². The minimum atomic E-state index is 0.641. The van der Waals surface area contributed by atoms with Crippen LogP contribution in [-0.4, -0.2) is 31.7 Å². The molecule has 1 atom stereocenters. The average molecular weight is 267 g/mol. The van der Waals surface area contributed by atoms with Crippen LogP contribution in [0.1, 0.15) is 32.5 Å². The van der Waals surface area contributed by atoms with Gasteiger partial charge in [-0.1, -0.05) is 38.5 Å². The molecule has 0 aromatic carbocycles. The van der Waals surface area contributed by atoms with Crippen molar-refractivity contribution in [2.75, 3.05) is 6.54 Å². The van der Waals surface area contributed by atoms with E-state index in [0.717, 1.165) is 23.5 Å². The van der Waals surface area contributed by atoms with E-state index in [2.05, 4.69) is 34.4 Å². The molecule has 100 valence electrons. The molecule has 2 rings (SSSR count). The minimum absolute atomic E-state index is 0.641. The number of hydrogen-bond acceptors (Lipinski definition) is 5. The second-order valence-corrected chi connectivity index (χ2v) is 5.82. The highest BCUT2D eigenvalue weighted by Gasteiger charge is 2.25. The van der Waals surface area contributed by atoms with E-state index in [-0.39, 0.29) is 0 Å². The Morgan fingerprint density at radius 2 is 2.28 bits per heavy atom. The molecule has 2 heterocycles. The summed E-state index contributed by atoms with van der Waals surface area (Å²) >= 11 is 1.88. The Hall–Kier alpha value is -1.04. The third-order valence-corrected chi connectivity index (χ3v) is 4.79. The predicted octanol–water partition coefficient (Wildman–Crippen LogP) is 1.81. The lowest BCUT2D eigenvalue weighted by Gasteiger charge is -2.18. The quantitative estimate of drug-likeness (QED) is 0.884. The molecule has 0 fully saturated rings. The first-order valence-corrected chi connectivity index (χ1v) is 7.40. The average Bonchev–Trinajstić information content (AvgIpc) is 2.98. The van der Waals surface area contributed by atoms with E-state index in [1.54, 1.807) is 6.33 Å². The Bertz CT molecular complexity index is 410. The number of rotatable bonds is 5.